The van der Waals surface area contributed by atoms with Gasteiger partial charge in [-0.2, -0.15) is 0 Å². The molecule has 0 aromatic heterocycles. The van der Waals surface area contributed by atoms with Crippen molar-refractivity contribution in [2.24, 2.45) is 4.99 Å². The number of aliphatic imine (C=N–C) groups is 1. The summed E-state index contributed by atoms with van der Waals surface area (Å²) in [6.07, 6.45) is 2.15. The van der Waals surface area contributed by atoms with Gasteiger partial charge in [0.05, 0.1) is 18.5 Å². The van der Waals surface area contributed by atoms with Gasteiger partial charge >= 0.3 is 0 Å². The van der Waals surface area contributed by atoms with Crippen LogP contribution in [0.3, 0.4) is 0 Å². The molecule has 1 aromatic rings. The zero-order valence-corrected chi connectivity index (χ0v) is 16.4. The number of benzene rings is 1. The first kappa shape index (κ1) is 21.0. The minimum absolute atomic E-state index is 0. The molecule has 0 aliphatic carbocycles. The molecule has 0 aliphatic rings. The van der Waals surface area contributed by atoms with Crippen LogP contribution in [0.25, 0.3) is 0 Å². The molecule has 6 nitrogen and oxygen atoms in total. The number of para-hydroxylation sites is 1. The van der Waals surface area contributed by atoms with E-state index in [0.29, 0.717) is 12.2 Å². The SMILES string of the molecule is CCCNC(=NCc1ccccc1NS(C)(=O)=O)NCC.I. The molecular formula is C14H25IN4O2S. The van der Waals surface area contributed by atoms with Crippen LogP contribution in [0.5, 0.6) is 0 Å². The second kappa shape index (κ2) is 10.7. The van der Waals surface area contributed by atoms with Crippen molar-refractivity contribution in [1.29, 1.82) is 0 Å². The topological polar surface area (TPSA) is 82.6 Å². The summed E-state index contributed by atoms with van der Waals surface area (Å²) in [6.45, 7) is 6.11. The molecular weight excluding hydrogens is 415 g/mol. The third kappa shape index (κ3) is 8.42. The second-order valence-electron chi connectivity index (χ2n) is 4.65. The van der Waals surface area contributed by atoms with Gasteiger partial charge in [0.2, 0.25) is 10.0 Å². The van der Waals surface area contributed by atoms with E-state index in [0.717, 1.165) is 37.3 Å². The summed E-state index contributed by atoms with van der Waals surface area (Å²) in [5, 5.41) is 6.36. The van der Waals surface area contributed by atoms with Gasteiger partial charge < -0.3 is 10.6 Å². The van der Waals surface area contributed by atoms with Crippen molar-refractivity contribution in [2.75, 3.05) is 24.1 Å². The lowest BCUT2D eigenvalue weighted by molar-refractivity contribution is 0.606. The Morgan fingerprint density at radius 3 is 2.45 bits per heavy atom. The van der Waals surface area contributed by atoms with E-state index < -0.39 is 10.0 Å². The number of hydrogen-bond donors (Lipinski definition) is 3. The van der Waals surface area contributed by atoms with E-state index in [-0.39, 0.29) is 24.0 Å². The minimum atomic E-state index is -3.29. The largest absolute Gasteiger partial charge is 0.357 e. The highest BCUT2D eigenvalue weighted by Crippen LogP contribution is 2.17. The Labute approximate surface area is 150 Å². The zero-order valence-electron chi connectivity index (χ0n) is 13.2. The Balaban J connectivity index is 0.00000441. The molecule has 0 atom stereocenters. The highest BCUT2D eigenvalue weighted by molar-refractivity contribution is 14.0. The van der Waals surface area contributed by atoms with Crippen LogP contribution in [0.15, 0.2) is 29.3 Å². The van der Waals surface area contributed by atoms with Crippen LogP contribution < -0.4 is 15.4 Å². The van der Waals surface area contributed by atoms with Crippen molar-refractivity contribution in [3.05, 3.63) is 29.8 Å². The highest BCUT2D eigenvalue weighted by Gasteiger charge is 2.06. The molecule has 0 unspecified atom stereocenters. The molecule has 0 fully saturated rings. The smallest absolute Gasteiger partial charge is 0.229 e. The van der Waals surface area contributed by atoms with Gasteiger partial charge in [0, 0.05) is 13.1 Å². The molecule has 0 spiro atoms. The lowest BCUT2D eigenvalue weighted by Crippen LogP contribution is -2.37. The molecule has 0 bridgehead atoms. The Morgan fingerprint density at radius 1 is 1.18 bits per heavy atom. The van der Waals surface area contributed by atoms with Crippen LogP contribution >= 0.6 is 24.0 Å². The van der Waals surface area contributed by atoms with Crippen molar-refractivity contribution >= 4 is 45.6 Å². The minimum Gasteiger partial charge on any atom is -0.357 e. The maximum atomic E-state index is 11.4. The van der Waals surface area contributed by atoms with Crippen molar-refractivity contribution in [3.63, 3.8) is 0 Å². The Bertz CT molecular complexity index is 576. The van der Waals surface area contributed by atoms with Crippen LogP contribution in [0.1, 0.15) is 25.8 Å². The van der Waals surface area contributed by atoms with Crippen molar-refractivity contribution in [3.8, 4) is 0 Å². The number of nitrogens with zero attached hydrogens (tertiary/aromatic N) is 1. The van der Waals surface area contributed by atoms with Crippen LogP contribution in [0.2, 0.25) is 0 Å². The molecule has 0 radical (unpaired) electrons. The first-order valence-corrected chi connectivity index (χ1v) is 8.93. The van der Waals surface area contributed by atoms with E-state index in [1.54, 1.807) is 12.1 Å². The molecule has 8 heteroatoms. The van der Waals surface area contributed by atoms with Crippen molar-refractivity contribution in [2.45, 2.75) is 26.8 Å². The van der Waals surface area contributed by atoms with Crippen molar-refractivity contribution < 1.29 is 8.42 Å². The van der Waals surface area contributed by atoms with Crippen molar-refractivity contribution in [1.82, 2.24) is 10.6 Å². The van der Waals surface area contributed by atoms with Crippen LogP contribution in [-0.4, -0.2) is 33.7 Å². The van der Waals surface area contributed by atoms with Gasteiger partial charge in [0.15, 0.2) is 5.96 Å². The highest BCUT2D eigenvalue weighted by atomic mass is 127. The number of hydrogen-bond acceptors (Lipinski definition) is 3. The van der Waals surface area contributed by atoms with Gasteiger partial charge in [0.25, 0.3) is 0 Å². The van der Waals surface area contributed by atoms with Crippen LogP contribution in [0, 0.1) is 0 Å². The summed E-state index contributed by atoms with van der Waals surface area (Å²) < 4.78 is 25.2. The van der Waals surface area contributed by atoms with Crippen LogP contribution in [-0.2, 0) is 16.6 Å². The normalized spacial score (nSPS) is 11.5. The predicted molar refractivity (Wildman–Crippen MR) is 103 cm³/mol. The molecule has 1 aromatic carbocycles. The maximum absolute atomic E-state index is 11.4. The van der Waals surface area contributed by atoms with Gasteiger partial charge in [-0.25, -0.2) is 13.4 Å². The lowest BCUT2D eigenvalue weighted by Gasteiger charge is -2.12. The Kier molecular flexibility index (Phi) is 10.2. The Morgan fingerprint density at radius 2 is 1.86 bits per heavy atom. The fraction of sp³-hybridized carbons (Fsp3) is 0.500. The number of guanidine groups is 1. The van der Waals surface area contributed by atoms with Crippen LogP contribution in [0.4, 0.5) is 5.69 Å². The van der Waals surface area contributed by atoms with Gasteiger partial charge in [-0.15, -0.1) is 24.0 Å². The monoisotopic (exact) mass is 440 g/mol. The number of sulfonamides is 1. The third-order valence-corrected chi connectivity index (χ3v) is 3.20. The first-order valence-electron chi connectivity index (χ1n) is 7.04. The summed E-state index contributed by atoms with van der Waals surface area (Å²) in [4.78, 5) is 4.47. The lowest BCUT2D eigenvalue weighted by atomic mass is 10.2. The van der Waals surface area contributed by atoms with E-state index in [9.17, 15) is 8.42 Å². The fourth-order valence-corrected chi connectivity index (χ4v) is 2.31. The Hall–Kier alpha value is -1.03. The molecule has 0 saturated carbocycles. The second-order valence-corrected chi connectivity index (χ2v) is 6.40. The number of halogens is 1. The number of rotatable bonds is 7. The van der Waals surface area contributed by atoms with Gasteiger partial charge in [-0.1, -0.05) is 25.1 Å². The molecule has 126 valence electrons. The average Bonchev–Trinajstić information content (AvgIpc) is 2.41. The molecule has 0 saturated heterocycles. The standard InChI is InChI=1S/C14H24N4O2S.HI/c1-4-10-16-14(15-5-2)17-11-12-8-6-7-9-13(12)18-21(3,19)20;/h6-9,18H,4-5,10-11H2,1-3H3,(H2,15,16,17);1H. The predicted octanol–water partition coefficient (Wildman–Crippen LogP) is 2.14. The first-order chi connectivity index (χ1) is 9.96. The summed E-state index contributed by atoms with van der Waals surface area (Å²) in [5.74, 6) is 0.730. The number of nitrogens with one attached hydrogen (secondary N) is 3. The van der Waals surface area contributed by atoms with E-state index >= 15 is 0 Å². The van der Waals surface area contributed by atoms with Gasteiger partial charge in [-0.3, -0.25) is 4.72 Å². The van der Waals surface area contributed by atoms with E-state index in [1.165, 1.54) is 0 Å². The van der Waals surface area contributed by atoms with Gasteiger partial charge in [-0.05, 0) is 25.0 Å². The average molecular weight is 440 g/mol. The van der Waals surface area contributed by atoms with E-state index in [4.69, 9.17) is 0 Å². The summed E-state index contributed by atoms with van der Waals surface area (Å²) in [7, 11) is -3.29. The molecule has 0 amide bonds. The summed E-state index contributed by atoms with van der Waals surface area (Å²) in [6, 6.07) is 7.25. The quantitative estimate of drug-likeness (QED) is 0.345. The molecule has 0 aliphatic heterocycles. The third-order valence-electron chi connectivity index (χ3n) is 2.61. The van der Waals surface area contributed by atoms with E-state index in [2.05, 4.69) is 27.3 Å². The summed E-state index contributed by atoms with van der Waals surface area (Å²) in [5.41, 5.74) is 1.40. The zero-order chi connectivity index (χ0) is 15.7. The number of anilines is 1. The molecule has 22 heavy (non-hydrogen) atoms. The summed E-state index contributed by atoms with van der Waals surface area (Å²) >= 11 is 0. The maximum Gasteiger partial charge on any atom is 0.229 e. The van der Waals surface area contributed by atoms with Gasteiger partial charge in [0.1, 0.15) is 0 Å². The van der Waals surface area contributed by atoms with E-state index in [1.807, 2.05) is 19.1 Å². The molecule has 1 rings (SSSR count). The molecule has 3 N–H and O–H groups in total. The fourth-order valence-electron chi connectivity index (χ4n) is 1.71. The molecule has 0 heterocycles.